The summed E-state index contributed by atoms with van der Waals surface area (Å²) in [6.07, 6.45) is 2.34. The van der Waals surface area contributed by atoms with Crippen LogP contribution in [-0.2, 0) is 9.53 Å². The predicted octanol–water partition coefficient (Wildman–Crippen LogP) is 1.94. The van der Waals surface area contributed by atoms with Crippen LogP contribution in [-0.4, -0.2) is 67.3 Å². The molecule has 0 aliphatic carbocycles. The van der Waals surface area contributed by atoms with Crippen molar-refractivity contribution in [2.45, 2.75) is 25.6 Å². The Labute approximate surface area is 182 Å². The Hall–Kier alpha value is -2.40. The Kier molecular flexibility index (Phi) is 5.58. The molecule has 3 fully saturated rings. The third-order valence-electron chi connectivity index (χ3n) is 6.44. The molecular formula is C22H26ClN5O2. The highest BCUT2D eigenvalue weighted by Crippen LogP contribution is 2.37. The van der Waals surface area contributed by atoms with E-state index in [1.807, 2.05) is 36.1 Å². The molecule has 1 N–H and O–H groups in total. The summed E-state index contributed by atoms with van der Waals surface area (Å²) >= 11 is 0. The van der Waals surface area contributed by atoms with Crippen molar-refractivity contribution in [2.24, 2.45) is 5.41 Å². The molecule has 1 aromatic heterocycles. The minimum Gasteiger partial charge on any atom is -0.365 e. The van der Waals surface area contributed by atoms with Crippen LogP contribution in [0.5, 0.6) is 0 Å². The number of morpholine rings is 1. The van der Waals surface area contributed by atoms with Gasteiger partial charge in [-0.3, -0.25) is 9.78 Å². The molecule has 0 saturated carbocycles. The van der Waals surface area contributed by atoms with Gasteiger partial charge in [0.15, 0.2) is 6.10 Å². The van der Waals surface area contributed by atoms with Gasteiger partial charge in [-0.05, 0) is 44.2 Å². The highest BCUT2D eigenvalue weighted by Gasteiger charge is 2.48. The van der Waals surface area contributed by atoms with Crippen molar-refractivity contribution < 1.29 is 9.53 Å². The molecule has 7 nitrogen and oxygen atoms in total. The molecule has 8 heteroatoms. The summed E-state index contributed by atoms with van der Waals surface area (Å²) in [6, 6.07) is 9.87. The Balaban J connectivity index is 0.00000218. The van der Waals surface area contributed by atoms with E-state index in [1.165, 1.54) is 0 Å². The van der Waals surface area contributed by atoms with E-state index in [2.05, 4.69) is 21.3 Å². The topological polar surface area (TPSA) is 81.5 Å². The Morgan fingerprint density at radius 3 is 2.90 bits per heavy atom. The lowest BCUT2D eigenvalue weighted by Crippen LogP contribution is -2.64. The van der Waals surface area contributed by atoms with E-state index < -0.39 is 6.10 Å². The molecule has 30 heavy (non-hydrogen) atoms. The second kappa shape index (κ2) is 8.03. The normalized spacial score (nSPS) is 24.9. The van der Waals surface area contributed by atoms with Crippen LogP contribution in [0.1, 0.15) is 18.9 Å². The number of hydrogen-bond donors (Lipinski definition) is 1. The maximum atomic E-state index is 13.1. The third kappa shape index (κ3) is 3.49. The zero-order chi connectivity index (χ0) is 20.0. The van der Waals surface area contributed by atoms with Crippen molar-refractivity contribution in [1.82, 2.24) is 15.2 Å². The lowest BCUT2D eigenvalue weighted by Gasteiger charge is -2.50. The number of halogens is 1. The minimum absolute atomic E-state index is 0. The zero-order valence-electron chi connectivity index (χ0n) is 17.0. The second-order valence-electron chi connectivity index (χ2n) is 8.61. The van der Waals surface area contributed by atoms with Gasteiger partial charge in [0.1, 0.15) is 6.07 Å². The van der Waals surface area contributed by atoms with Crippen molar-refractivity contribution in [1.29, 1.82) is 5.26 Å². The number of fused-ring (bicyclic) bond motifs is 1. The standard InChI is InChI=1S/C22H25N5O2.ClH/c1-15-10-26(18-5-4-16(9-23)20-17(18)3-2-7-25-20)11-19(29-15)21(28)27-13-22(14-27)6-8-24-12-22;/h2-5,7,15,19,24H,6,8,10-14H2,1H3;1H/t15-,19-;/m1./s1. The number of aromatic nitrogens is 1. The van der Waals surface area contributed by atoms with Crippen LogP contribution in [0, 0.1) is 16.7 Å². The van der Waals surface area contributed by atoms with Gasteiger partial charge in [-0.15, -0.1) is 12.4 Å². The molecular weight excluding hydrogens is 402 g/mol. The molecule has 158 valence electrons. The number of likely N-dealkylation sites (tertiary alicyclic amines) is 1. The Morgan fingerprint density at radius 2 is 2.17 bits per heavy atom. The number of nitrogens with zero attached hydrogens (tertiary/aromatic N) is 4. The van der Waals surface area contributed by atoms with Gasteiger partial charge in [0.2, 0.25) is 0 Å². The fraction of sp³-hybridized carbons (Fsp3) is 0.500. The van der Waals surface area contributed by atoms with Crippen molar-refractivity contribution in [3.05, 3.63) is 36.0 Å². The van der Waals surface area contributed by atoms with Crippen LogP contribution in [0.25, 0.3) is 10.9 Å². The van der Waals surface area contributed by atoms with Gasteiger partial charge in [-0.1, -0.05) is 0 Å². The molecule has 0 unspecified atom stereocenters. The third-order valence-corrected chi connectivity index (χ3v) is 6.44. The minimum atomic E-state index is -0.465. The van der Waals surface area contributed by atoms with Gasteiger partial charge in [-0.25, -0.2) is 0 Å². The molecule has 2 aromatic rings. The summed E-state index contributed by atoms with van der Waals surface area (Å²) in [5, 5.41) is 13.7. The van der Waals surface area contributed by atoms with Gasteiger partial charge in [0.25, 0.3) is 5.91 Å². The van der Waals surface area contributed by atoms with Crippen molar-refractivity contribution >= 4 is 34.9 Å². The monoisotopic (exact) mass is 427 g/mol. The van der Waals surface area contributed by atoms with E-state index in [-0.39, 0.29) is 29.8 Å². The number of hydrogen-bond acceptors (Lipinski definition) is 6. The summed E-state index contributed by atoms with van der Waals surface area (Å²) in [4.78, 5) is 21.7. The number of nitrogens with one attached hydrogen (secondary N) is 1. The van der Waals surface area contributed by atoms with Crippen LogP contribution in [0.15, 0.2) is 30.5 Å². The molecule has 3 saturated heterocycles. The number of pyridine rings is 1. The highest BCUT2D eigenvalue weighted by atomic mass is 35.5. The molecule has 0 radical (unpaired) electrons. The van der Waals surface area contributed by atoms with Crippen LogP contribution in [0.2, 0.25) is 0 Å². The number of rotatable bonds is 2. The van der Waals surface area contributed by atoms with Gasteiger partial charge in [-0.2, -0.15) is 5.26 Å². The first-order valence-corrected chi connectivity index (χ1v) is 10.3. The molecule has 3 aliphatic rings. The van der Waals surface area contributed by atoms with E-state index in [1.54, 1.807) is 6.20 Å². The highest BCUT2D eigenvalue weighted by molar-refractivity contribution is 5.95. The zero-order valence-corrected chi connectivity index (χ0v) is 17.8. The molecule has 4 heterocycles. The van der Waals surface area contributed by atoms with Gasteiger partial charge in [0, 0.05) is 48.9 Å². The smallest absolute Gasteiger partial charge is 0.253 e. The van der Waals surface area contributed by atoms with Gasteiger partial charge in [0.05, 0.1) is 23.7 Å². The molecule has 1 spiro atoms. The Morgan fingerprint density at radius 1 is 1.33 bits per heavy atom. The van der Waals surface area contributed by atoms with Crippen LogP contribution < -0.4 is 10.2 Å². The fourth-order valence-electron chi connectivity index (χ4n) is 5.00. The van der Waals surface area contributed by atoms with Crippen molar-refractivity contribution in [2.75, 3.05) is 44.2 Å². The first kappa shape index (κ1) is 20.9. The maximum Gasteiger partial charge on any atom is 0.253 e. The number of carbonyl (C=O) groups excluding carboxylic acids is 1. The first-order valence-electron chi connectivity index (χ1n) is 10.3. The lowest BCUT2D eigenvalue weighted by molar-refractivity contribution is -0.159. The van der Waals surface area contributed by atoms with E-state index >= 15 is 0 Å². The Bertz CT molecular complexity index is 993. The number of carbonyl (C=O) groups is 1. The largest absolute Gasteiger partial charge is 0.365 e. The molecule has 1 aromatic carbocycles. The SMILES string of the molecule is C[C@@H]1CN(c2ccc(C#N)c3ncccc23)C[C@H](C(=O)N2CC3(CCNC3)C2)O1.Cl. The molecule has 3 aliphatic heterocycles. The number of benzene rings is 1. The van der Waals surface area contributed by atoms with Crippen LogP contribution in [0.4, 0.5) is 5.69 Å². The van der Waals surface area contributed by atoms with E-state index in [0.29, 0.717) is 24.2 Å². The molecule has 5 rings (SSSR count). The quantitative estimate of drug-likeness (QED) is 0.788. The maximum absolute atomic E-state index is 13.1. The predicted molar refractivity (Wildman–Crippen MR) is 117 cm³/mol. The first-order chi connectivity index (χ1) is 14.1. The van der Waals surface area contributed by atoms with Gasteiger partial charge < -0.3 is 19.9 Å². The summed E-state index contributed by atoms with van der Waals surface area (Å²) in [6.45, 7) is 6.94. The number of amides is 1. The summed E-state index contributed by atoms with van der Waals surface area (Å²) in [5.41, 5.74) is 2.55. The number of ether oxygens (including phenoxy) is 1. The average Bonchev–Trinajstić information content (AvgIpc) is 3.21. The molecule has 1 amide bonds. The van der Waals surface area contributed by atoms with Crippen LogP contribution >= 0.6 is 12.4 Å². The number of nitriles is 1. The summed E-state index contributed by atoms with van der Waals surface area (Å²) in [5.74, 6) is 0.0927. The van der Waals surface area contributed by atoms with E-state index in [4.69, 9.17) is 4.74 Å². The summed E-state index contributed by atoms with van der Waals surface area (Å²) < 4.78 is 6.05. The van der Waals surface area contributed by atoms with E-state index in [0.717, 1.165) is 43.7 Å². The summed E-state index contributed by atoms with van der Waals surface area (Å²) in [7, 11) is 0. The van der Waals surface area contributed by atoms with Crippen molar-refractivity contribution in [3.8, 4) is 6.07 Å². The van der Waals surface area contributed by atoms with Crippen LogP contribution in [0.3, 0.4) is 0 Å². The number of anilines is 1. The van der Waals surface area contributed by atoms with E-state index in [9.17, 15) is 10.1 Å². The second-order valence-corrected chi connectivity index (χ2v) is 8.61. The lowest BCUT2D eigenvalue weighted by atomic mass is 9.79. The average molecular weight is 428 g/mol. The molecule has 2 atom stereocenters. The van der Waals surface area contributed by atoms with Crippen molar-refractivity contribution in [3.63, 3.8) is 0 Å². The molecule has 0 bridgehead atoms. The van der Waals surface area contributed by atoms with Gasteiger partial charge >= 0.3 is 0 Å². The fourth-order valence-corrected chi connectivity index (χ4v) is 5.00.